The van der Waals surface area contributed by atoms with E-state index in [2.05, 4.69) is 36.1 Å². The van der Waals surface area contributed by atoms with E-state index in [4.69, 9.17) is 4.74 Å². The van der Waals surface area contributed by atoms with Crippen molar-refractivity contribution in [2.24, 2.45) is 5.92 Å². The number of carbonyl (C=O) groups excluding carboxylic acids is 1. The second-order valence-electron chi connectivity index (χ2n) is 7.11. The van der Waals surface area contributed by atoms with Crippen LogP contribution in [0.3, 0.4) is 0 Å². The number of hydrogen-bond donors (Lipinski definition) is 0. The summed E-state index contributed by atoms with van der Waals surface area (Å²) in [5, 5.41) is 0. The lowest BCUT2D eigenvalue weighted by atomic mass is 9.80. The van der Waals surface area contributed by atoms with Crippen LogP contribution in [0.25, 0.3) is 0 Å². The minimum atomic E-state index is -0.168. The molecule has 0 amide bonds. The first kappa shape index (κ1) is 17.2. The maximum absolute atomic E-state index is 12.8. The monoisotopic (exact) mass is 327 g/mol. The summed E-state index contributed by atoms with van der Waals surface area (Å²) in [6.07, 6.45) is 10.3. The van der Waals surface area contributed by atoms with E-state index in [1.165, 1.54) is 12.8 Å². The van der Waals surface area contributed by atoms with Gasteiger partial charge in [0.1, 0.15) is 6.61 Å². The molecule has 0 spiro atoms. The Bertz CT molecular complexity index is 554. The van der Waals surface area contributed by atoms with Gasteiger partial charge < -0.3 is 4.74 Å². The fourth-order valence-corrected chi connectivity index (χ4v) is 4.01. The normalized spacial score (nSPS) is 25.5. The first-order valence-corrected chi connectivity index (χ1v) is 9.38. The summed E-state index contributed by atoms with van der Waals surface area (Å²) in [5.41, 5.74) is 1.08. The molecule has 1 aromatic rings. The van der Waals surface area contributed by atoms with E-state index in [0.29, 0.717) is 12.6 Å². The number of carbonyl (C=O) groups is 1. The SMILES string of the molecule is C[C@@H]1CCCN1CCOC(=O)[C@@H](c1ccccc1)[C@H]1C=CCCC1. The van der Waals surface area contributed by atoms with E-state index in [1.54, 1.807) is 0 Å². The molecule has 0 aromatic heterocycles. The molecule has 3 heteroatoms. The summed E-state index contributed by atoms with van der Waals surface area (Å²) in [4.78, 5) is 15.2. The van der Waals surface area contributed by atoms with E-state index in [0.717, 1.165) is 37.9 Å². The third-order valence-corrected chi connectivity index (χ3v) is 5.45. The molecule has 1 aliphatic carbocycles. The van der Waals surface area contributed by atoms with Crippen molar-refractivity contribution in [2.75, 3.05) is 19.7 Å². The Morgan fingerprint density at radius 2 is 2.08 bits per heavy atom. The van der Waals surface area contributed by atoms with Gasteiger partial charge in [-0.05, 0) is 57.1 Å². The number of ether oxygens (including phenoxy) is 1. The number of esters is 1. The number of hydrogen-bond acceptors (Lipinski definition) is 3. The summed E-state index contributed by atoms with van der Waals surface area (Å²) < 4.78 is 5.71. The van der Waals surface area contributed by atoms with Crippen LogP contribution in [0.1, 0.15) is 50.5 Å². The molecule has 3 nitrogen and oxygen atoms in total. The molecule has 1 aromatic carbocycles. The van der Waals surface area contributed by atoms with Crippen LogP contribution < -0.4 is 0 Å². The molecule has 1 fully saturated rings. The maximum Gasteiger partial charge on any atom is 0.314 e. The van der Waals surface area contributed by atoms with Crippen molar-refractivity contribution < 1.29 is 9.53 Å². The Kier molecular flexibility index (Phi) is 6.08. The van der Waals surface area contributed by atoms with Crippen LogP contribution in [0.5, 0.6) is 0 Å². The third kappa shape index (κ3) is 4.27. The van der Waals surface area contributed by atoms with Crippen molar-refractivity contribution >= 4 is 5.97 Å². The van der Waals surface area contributed by atoms with Gasteiger partial charge in [0.2, 0.25) is 0 Å². The van der Waals surface area contributed by atoms with Crippen molar-refractivity contribution in [3.8, 4) is 0 Å². The first-order chi connectivity index (χ1) is 11.8. The van der Waals surface area contributed by atoms with E-state index < -0.39 is 0 Å². The van der Waals surface area contributed by atoms with E-state index in [9.17, 15) is 4.79 Å². The second kappa shape index (κ2) is 8.48. The molecule has 0 N–H and O–H groups in total. The van der Waals surface area contributed by atoms with Gasteiger partial charge in [0.05, 0.1) is 5.92 Å². The maximum atomic E-state index is 12.8. The third-order valence-electron chi connectivity index (χ3n) is 5.45. The largest absolute Gasteiger partial charge is 0.464 e. The molecule has 130 valence electrons. The van der Waals surface area contributed by atoms with Crippen LogP contribution in [0.15, 0.2) is 42.5 Å². The van der Waals surface area contributed by atoms with Gasteiger partial charge in [-0.3, -0.25) is 9.69 Å². The molecule has 1 heterocycles. The Morgan fingerprint density at radius 1 is 1.25 bits per heavy atom. The Hall–Kier alpha value is -1.61. The Balaban J connectivity index is 1.62. The average molecular weight is 327 g/mol. The van der Waals surface area contributed by atoms with Crippen LogP contribution in [0, 0.1) is 5.92 Å². The fourth-order valence-electron chi connectivity index (χ4n) is 4.01. The highest BCUT2D eigenvalue weighted by molar-refractivity contribution is 5.79. The van der Waals surface area contributed by atoms with Gasteiger partial charge in [0, 0.05) is 12.6 Å². The van der Waals surface area contributed by atoms with Crippen molar-refractivity contribution in [1.82, 2.24) is 4.90 Å². The zero-order valence-corrected chi connectivity index (χ0v) is 14.7. The van der Waals surface area contributed by atoms with Gasteiger partial charge in [-0.2, -0.15) is 0 Å². The van der Waals surface area contributed by atoms with Crippen LogP contribution in [-0.4, -0.2) is 36.6 Å². The molecule has 3 rings (SSSR count). The van der Waals surface area contributed by atoms with Gasteiger partial charge >= 0.3 is 5.97 Å². The van der Waals surface area contributed by atoms with Crippen molar-refractivity contribution in [3.63, 3.8) is 0 Å². The van der Waals surface area contributed by atoms with Crippen molar-refractivity contribution in [2.45, 2.75) is 51.0 Å². The Morgan fingerprint density at radius 3 is 2.75 bits per heavy atom. The minimum Gasteiger partial charge on any atom is -0.464 e. The molecular weight excluding hydrogens is 298 g/mol. The van der Waals surface area contributed by atoms with Gasteiger partial charge in [-0.1, -0.05) is 42.5 Å². The zero-order valence-electron chi connectivity index (χ0n) is 14.7. The predicted octanol–water partition coefficient (Wildman–Crippen LogP) is 4.15. The highest BCUT2D eigenvalue weighted by Gasteiger charge is 2.30. The van der Waals surface area contributed by atoms with Crippen LogP contribution in [-0.2, 0) is 9.53 Å². The summed E-state index contributed by atoms with van der Waals surface area (Å²) in [5.74, 6) is 0.0303. The van der Waals surface area contributed by atoms with E-state index >= 15 is 0 Å². The lowest BCUT2D eigenvalue weighted by molar-refractivity contribution is -0.147. The summed E-state index contributed by atoms with van der Waals surface area (Å²) in [6, 6.07) is 10.7. The molecule has 0 unspecified atom stereocenters. The topological polar surface area (TPSA) is 29.5 Å². The number of nitrogens with zero attached hydrogens (tertiary/aromatic N) is 1. The molecule has 24 heavy (non-hydrogen) atoms. The second-order valence-corrected chi connectivity index (χ2v) is 7.11. The minimum absolute atomic E-state index is 0.0652. The quantitative estimate of drug-likeness (QED) is 0.580. The lowest BCUT2D eigenvalue weighted by Gasteiger charge is -2.26. The predicted molar refractivity (Wildman–Crippen MR) is 96.9 cm³/mol. The van der Waals surface area contributed by atoms with Crippen LogP contribution in [0.4, 0.5) is 0 Å². The van der Waals surface area contributed by atoms with E-state index in [1.807, 2.05) is 18.2 Å². The van der Waals surface area contributed by atoms with Crippen LogP contribution in [0.2, 0.25) is 0 Å². The van der Waals surface area contributed by atoms with Crippen molar-refractivity contribution in [1.29, 1.82) is 0 Å². The van der Waals surface area contributed by atoms with Gasteiger partial charge in [-0.25, -0.2) is 0 Å². The van der Waals surface area contributed by atoms with Crippen molar-refractivity contribution in [3.05, 3.63) is 48.0 Å². The smallest absolute Gasteiger partial charge is 0.314 e. The van der Waals surface area contributed by atoms with E-state index in [-0.39, 0.29) is 17.8 Å². The molecule has 0 saturated carbocycles. The number of allylic oxidation sites excluding steroid dienone is 2. The number of benzene rings is 1. The van der Waals surface area contributed by atoms with Gasteiger partial charge in [0.15, 0.2) is 0 Å². The number of likely N-dealkylation sites (tertiary alicyclic amines) is 1. The Labute approximate surface area is 145 Å². The summed E-state index contributed by atoms with van der Waals surface area (Å²) >= 11 is 0. The highest BCUT2D eigenvalue weighted by atomic mass is 16.5. The molecular formula is C21H29NO2. The molecule has 1 aliphatic heterocycles. The van der Waals surface area contributed by atoms with Crippen LogP contribution >= 0.6 is 0 Å². The molecule has 2 aliphatic rings. The molecule has 0 bridgehead atoms. The first-order valence-electron chi connectivity index (χ1n) is 9.38. The average Bonchev–Trinajstić information content (AvgIpc) is 3.02. The van der Waals surface area contributed by atoms with Gasteiger partial charge in [0.25, 0.3) is 0 Å². The fraction of sp³-hybridized carbons (Fsp3) is 0.571. The molecule has 3 atom stereocenters. The highest BCUT2D eigenvalue weighted by Crippen LogP contribution is 2.33. The zero-order chi connectivity index (χ0) is 16.8. The van der Waals surface area contributed by atoms with Gasteiger partial charge in [-0.15, -0.1) is 0 Å². The molecule has 1 saturated heterocycles. The molecule has 0 radical (unpaired) electrons. The summed E-state index contributed by atoms with van der Waals surface area (Å²) in [6.45, 7) is 4.75. The summed E-state index contributed by atoms with van der Waals surface area (Å²) in [7, 11) is 0. The number of rotatable bonds is 6. The lowest BCUT2D eigenvalue weighted by Crippen LogP contribution is -2.32. The standard InChI is InChI=1S/C21H29NO2/c1-17-9-8-14-22(17)15-16-24-21(23)20(18-10-4-2-5-11-18)19-12-6-3-7-13-19/h2,4-6,10-12,17,19-20H,3,7-9,13-16H2,1H3/t17-,19+,20+/m1/s1.